The lowest BCUT2D eigenvalue weighted by molar-refractivity contribution is -0.131. The molecule has 1 amide bonds. The van der Waals surface area contributed by atoms with Crippen molar-refractivity contribution in [3.05, 3.63) is 58.8 Å². The molecule has 0 spiro atoms. The number of carbonyl (C=O) groups excluding carboxylic acids is 1. The predicted octanol–water partition coefficient (Wildman–Crippen LogP) is 3.58. The number of morpholine rings is 1. The Hall–Kier alpha value is -2.92. The summed E-state index contributed by atoms with van der Waals surface area (Å²) < 4.78 is 7.68. The Labute approximate surface area is 164 Å². The molecular weight excluding hydrogens is 350 g/mol. The van der Waals surface area contributed by atoms with Gasteiger partial charge < -0.3 is 14.2 Å². The zero-order chi connectivity index (χ0) is 19.3. The number of pyridine rings is 1. The minimum absolute atomic E-state index is 0.0963. The van der Waals surface area contributed by atoms with Crippen molar-refractivity contribution in [3.8, 4) is 11.4 Å². The molecule has 0 radical (unpaired) electrons. The number of para-hydroxylation sites is 1. The van der Waals surface area contributed by atoms with Gasteiger partial charge in [0.1, 0.15) is 0 Å². The van der Waals surface area contributed by atoms with E-state index in [0.29, 0.717) is 32.8 Å². The van der Waals surface area contributed by atoms with Crippen molar-refractivity contribution in [2.24, 2.45) is 0 Å². The molecule has 1 aromatic carbocycles. The molecule has 0 unspecified atom stereocenters. The van der Waals surface area contributed by atoms with E-state index in [1.165, 1.54) is 10.9 Å². The molecule has 1 fully saturated rings. The number of hydrogen-bond acceptors (Lipinski definition) is 3. The number of nitrogens with zero attached hydrogens (tertiary/aromatic N) is 3. The van der Waals surface area contributed by atoms with Crippen LogP contribution in [0.15, 0.2) is 42.1 Å². The Morgan fingerprint density at radius 2 is 1.93 bits per heavy atom. The molecule has 2 aromatic heterocycles. The van der Waals surface area contributed by atoms with Crippen molar-refractivity contribution in [3.63, 3.8) is 0 Å². The number of hydrogen-bond donors (Lipinski definition) is 0. The Bertz CT molecular complexity index is 1120. The number of aryl methyl sites for hydroxylation is 2. The minimum Gasteiger partial charge on any atom is -0.378 e. The molecule has 0 bridgehead atoms. The third kappa shape index (κ3) is 2.66. The normalized spacial score (nSPS) is 16.4. The molecule has 0 atom stereocenters. The van der Waals surface area contributed by atoms with Crippen molar-refractivity contribution in [1.82, 2.24) is 14.5 Å². The Morgan fingerprint density at radius 1 is 1.14 bits per heavy atom. The smallest absolute Gasteiger partial charge is 0.251 e. The van der Waals surface area contributed by atoms with Gasteiger partial charge in [0, 0.05) is 41.3 Å². The van der Waals surface area contributed by atoms with E-state index in [0.717, 1.165) is 33.6 Å². The number of aromatic nitrogens is 2. The Kier molecular flexibility index (Phi) is 4.05. The van der Waals surface area contributed by atoms with Crippen LogP contribution < -0.4 is 0 Å². The van der Waals surface area contributed by atoms with E-state index in [2.05, 4.69) is 41.8 Å². The van der Waals surface area contributed by atoms with Crippen LogP contribution in [0.3, 0.4) is 0 Å². The highest BCUT2D eigenvalue weighted by Gasteiger charge is 2.27. The fraction of sp³-hybridized carbons (Fsp3) is 0.304. The molecule has 2 aliphatic heterocycles. The van der Waals surface area contributed by atoms with E-state index in [1.807, 2.05) is 24.1 Å². The second kappa shape index (κ2) is 6.60. The summed E-state index contributed by atoms with van der Waals surface area (Å²) in [6.07, 6.45) is 3.94. The van der Waals surface area contributed by atoms with E-state index >= 15 is 0 Å². The lowest BCUT2D eigenvalue weighted by Gasteiger charge is -2.28. The molecule has 5 rings (SSSR count). The van der Waals surface area contributed by atoms with Gasteiger partial charge in [0.25, 0.3) is 5.91 Å². The number of fused-ring (bicyclic) bond motifs is 5. The van der Waals surface area contributed by atoms with E-state index in [-0.39, 0.29) is 5.91 Å². The van der Waals surface area contributed by atoms with Gasteiger partial charge in [-0.1, -0.05) is 18.2 Å². The van der Waals surface area contributed by atoms with Gasteiger partial charge in [-0.3, -0.25) is 9.78 Å². The molecular formula is C23H23N3O2. The molecule has 0 saturated carbocycles. The number of benzene rings is 1. The molecule has 5 nitrogen and oxygen atoms in total. The maximum Gasteiger partial charge on any atom is 0.251 e. The van der Waals surface area contributed by atoms with Gasteiger partial charge in [0.05, 0.1) is 31.1 Å². The van der Waals surface area contributed by atoms with E-state index in [1.54, 1.807) is 0 Å². The molecule has 0 N–H and O–H groups in total. The molecule has 5 heteroatoms. The van der Waals surface area contributed by atoms with Crippen LogP contribution in [0.1, 0.15) is 16.7 Å². The second-order valence-corrected chi connectivity index (χ2v) is 7.60. The molecule has 1 saturated heterocycles. The maximum absolute atomic E-state index is 13.3. The van der Waals surface area contributed by atoms with Gasteiger partial charge >= 0.3 is 0 Å². The lowest BCUT2D eigenvalue weighted by Crippen LogP contribution is -2.41. The van der Waals surface area contributed by atoms with Crippen molar-refractivity contribution >= 4 is 22.9 Å². The van der Waals surface area contributed by atoms with Crippen LogP contribution in [0.4, 0.5) is 0 Å². The summed E-state index contributed by atoms with van der Waals surface area (Å²) in [5, 5.41) is 1.21. The highest BCUT2D eigenvalue weighted by Crippen LogP contribution is 2.37. The van der Waals surface area contributed by atoms with Crippen LogP contribution in [0.25, 0.3) is 28.4 Å². The summed E-state index contributed by atoms with van der Waals surface area (Å²) in [4.78, 5) is 20.0. The van der Waals surface area contributed by atoms with Crippen molar-refractivity contribution in [1.29, 1.82) is 0 Å². The summed E-state index contributed by atoms with van der Waals surface area (Å²) in [5.41, 5.74) is 7.32. The number of ether oxygens (including phenoxy) is 1. The quantitative estimate of drug-likeness (QED) is 0.655. The first-order chi connectivity index (χ1) is 13.6. The molecule has 142 valence electrons. The van der Waals surface area contributed by atoms with E-state index in [9.17, 15) is 4.79 Å². The van der Waals surface area contributed by atoms with Crippen LogP contribution in [-0.2, 0) is 16.1 Å². The summed E-state index contributed by atoms with van der Waals surface area (Å²) in [6, 6.07) is 10.5. The zero-order valence-corrected chi connectivity index (χ0v) is 16.2. The van der Waals surface area contributed by atoms with Crippen molar-refractivity contribution < 1.29 is 9.53 Å². The average Bonchev–Trinajstić information content (AvgIpc) is 2.89. The van der Waals surface area contributed by atoms with Crippen LogP contribution in [0, 0.1) is 13.8 Å². The molecule has 0 aliphatic carbocycles. The molecule has 28 heavy (non-hydrogen) atoms. The highest BCUT2D eigenvalue weighted by atomic mass is 16.5. The number of rotatable bonds is 1. The first kappa shape index (κ1) is 17.2. The third-order valence-electron chi connectivity index (χ3n) is 5.73. The fourth-order valence-electron chi connectivity index (χ4n) is 4.35. The standard InChI is InChI=1S/C23H23N3O2/c1-15-11-17-12-18(23(27)25-7-9-28-10-8-25)14-26-20-6-4-3-5-19(20)16(2)22(26)21(17)24-13-15/h3-6,11-13H,7-10,14H2,1-2H3. The third-order valence-corrected chi connectivity index (χ3v) is 5.73. The predicted molar refractivity (Wildman–Crippen MR) is 110 cm³/mol. The summed E-state index contributed by atoms with van der Waals surface area (Å²) in [6.45, 7) is 7.24. The fourth-order valence-corrected chi connectivity index (χ4v) is 4.35. The van der Waals surface area contributed by atoms with Gasteiger partial charge in [-0.15, -0.1) is 0 Å². The molecule has 3 aromatic rings. The minimum atomic E-state index is 0.0963. The van der Waals surface area contributed by atoms with Gasteiger partial charge in [0.2, 0.25) is 0 Å². The summed E-state index contributed by atoms with van der Waals surface area (Å²) >= 11 is 0. The first-order valence-corrected chi connectivity index (χ1v) is 9.76. The maximum atomic E-state index is 13.3. The van der Waals surface area contributed by atoms with Crippen LogP contribution in [0.5, 0.6) is 0 Å². The van der Waals surface area contributed by atoms with E-state index in [4.69, 9.17) is 9.72 Å². The largest absolute Gasteiger partial charge is 0.378 e. The summed E-state index contributed by atoms with van der Waals surface area (Å²) in [7, 11) is 0. The Balaban J connectivity index is 1.72. The van der Waals surface area contributed by atoms with Crippen molar-refractivity contribution in [2.45, 2.75) is 20.4 Å². The summed E-state index contributed by atoms with van der Waals surface area (Å²) in [5.74, 6) is 0.0963. The zero-order valence-electron chi connectivity index (χ0n) is 16.2. The monoisotopic (exact) mass is 373 g/mol. The first-order valence-electron chi connectivity index (χ1n) is 9.76. The van der Waals surface area contributed by atoms with Crippen LogP contribution in [-0.4, -0.2) is 46.7 Å². The lowest BCUT2D eigenvalue weighted by atomic mass is 10.0. The van der Waals surface area contributed by atoms with E-state index < -0.39 is 0 Å². The van der Waals surface area contributed by atoms with Gasteiger partial charge in [-0.25, -0.2) is 0 Å². The average molecular weight is 373 g/mol. The van der Waals surface area contributed by atoms with Gasteiger partial charge in [0.15, 0.2) is 0 Å². The topological polar surface area (TPSA) is 47.4 Å². The van der Waals surface area contributed by atoms with Crippen LogP contribution >= 0.6 is 0 Å². The SMILES string of the molecule is Cc1cnc2c(c1)C=C(C(=O)N1CCOCC1)Cn1c-2c(C)c2ccccc21. The second-order valence-electron chi connectivity index (χ2n) is 7.60. The molecule has 4 heterocycles. The van der Waals surface area contributed by atoms with Crippen LogP contribution in [0.2, 0.25) is 0 Å². The Morgan fingerprint density at radius 3 is 2.75 bits per heavy atom. The molecule has 2 aliphatic rings. The number of amides is 1. The number of carbonyl (C=O) groups is 1. The highest BCUT2D eigenvalue weighted by molar-refractivity contribution is 6.01. The van der Waals surface area contributed by atoms with Gasteiger partial charge in [-0.05, 0) is 43.2 Å². The van der Waals surface area contributed by atoms with Crippen molar-refractivity contribution in [2.75, 3.05) is 26.3 Å². The van der Waals surface area contributed by atoms with Gasteiger partial charge in [-0.2, -0.15) is 0 Å².